The smallest absolute Gasteiger partial charge is 0.246 e. The molecular weight excluding hydrogens is 374 g/mol. The van der Waals surface area contributed by atoms with Crippen molar-refractivity contribution >= 4 is 17.2 Å². The number of aldehydes is 1. The molecule has 3 aromatic carbocycles. The highest BCUT2D eigenvalue weighted by atomic mass is 16.5. The van der Waals surface area contributed by atoms with Crippen molar-refractivity contribution < 1.29 is 9.32 Å². The average Bonchev–Trinajstić information content (AvgIpc) is 3.40. The van der Waals surface area contributed by atoms with E-state index in [2.05, 4.69) is 29.4 Å². The standard InChI is InChI=1S/C25H19N3O2/c29-17-20-15-28(22-14-8-7-13-21(20)22)16-23-26-25(27-30-23)24(18-9-3-1-4-10-18)19-11-5-2-6-12-19/h1-15,17,24H,16H2. The fourth-order valence-corrected chi connectivity index (χ4v) is 3.88. The van der Waals surface area contributed by atoms with Crippen LogP contribution in [0.2, 0.25) is 0 Å². The maximum atomic E-state index is 11.4. The van der Waals surface area contributed by atoms with Gasteiger partial charge in [-0.25, -0.2) is 0 Å². The predicted octanol–water partition coefficient (Wildman–Crippen LogP) is 5.07. The van der Waals surface area contributed by atoms with Gasteiger partial charge in [-0.15, -0.1) is 0 Å². The Balaban J connectivity index is 1.52. The summed E-state index contributed by atoms with van der Waals surface area (Å²) in [5.41, 5.74) is 3.82. The fraction of sp³-hybridized carbons (Fsp3) is 0.0800. The van der Waals surface area contributed by atoms with E-state index >= 15 is 0 Å². The zero-order chi connectivity index (χ0) is 20.3. The molecule has 30 heavy (non-hydrogen) atoms. The Labute approximate surface area is 173 Å². The van der Waals surface area contributed by atoms with E-state index < -0.39 is 0 Å². The second-order valence-corrected chi connectivity index (χ2v) is 7.15. The minimum atomic E-state index is -0.114. The summed E-state index contributed by atoms with van der Waals surface area (Å²) in [6.07, 6.45) is 2.70. The molecule has 5 rings (SSSR count). The lowest BCUT2D eigenvalue weighted by Gasteiger charge is -2.14. The van der Waals surface area contributed by atoms with Gasteiger partial charge in [0.25, 0.3) is 0 Å². The van der Waals surface area contributed by atoms with Gasteiger partial charge < -0.3 is 9.09 Å². The van der Waals surface area contributed by atoms with Crippen LogP contribution in [0.15, 0.2) is 95.6 Å². The average molecular weight is 393 g/mol. The minimum absolute atomic E-state index is 0.114. The van der Waals surface area contributed by atoms with Crippen molar-refractivity contribution in [2.45, 2.75) is 12.5 Å². The normalized spacial score (nSPS) is 11.2. The van der Waals surface area contributed by atoms with E-state index in [1.807, 2.05) is 71.4 Å². The number of benzene rings is 3. The monoisotopic (exact) mass is 393 g/mol. The van der Waals surface area contributed by atoms with E-state index in [0.29, 0.717) is 23.8 Å². The lowest BCUT2D eigenvalue weighted by atomic mass is 9.91. The number of carbonyl (C=O) groups excluding carboxylic acids is 1. The maximum absolute atomic E-state index is 11.4. The van der Waals surface area contributed by atoms with Crippen LogP contribution in [-0.4, -0.2) is 21.0 Å². The van der Waals surface area contributed by atoms with Gasteiger partial charge >= 0.3 is 0 Å². The summed E-state index contributed by atoms with van der Waals surface area (Å²) in [5, 5.41) is 5.22. The molecule has 0 aliphatic rings. The first-order valence-corrected chi connectivity index (χ1v) is 9.79. The lowest BCUT2D eigenvalue weighted by molar-refractivity contribution is 0.112. The molecule has 5 heteroatoms. The van der Waals surface area contributed by atoms with Crippen molar-refractivity contribution in [3.05, 3.63) is 120 Å². The molecule has 0 fully saturated rings. The van der Waals surface area contributed by atoms with Crippen molar-refractivity contribution in [3.8, 4) is 0 Å². The fourth-order valence-electron chi connectivity index (χ4n) is 3.88. The van der Waals surface area contributed by atoms with Gasteiger partial charge in [-0.05, 0) is 17.2 Å². The third kappa shape index (κ3) is 3.31. The summed E-state index contributed by atoms with van der Waals surface area (Å²) in [7, 11) is 0. The summed E-state index contributed by atoms with van der Waals surface area (Å²) in [6.45, 7) is 0.400. The van der Waals surface area contributed by atoms with Crippen LogP contribution in [-0.2, 0) is 6.54 Å². The quantitative estimate of drug-likeness (QED) is 0.378. The summed E-state index contributed by atoms with van der Waals surface area (Å²) in [6, 6.07) is 28.1. The molecule has 5 nitrogen and oxygen atoms in total. The molecule has 146 valence electrons. The highest BCUT2D eigenvalue weighted by Crippen LogP contribution is 2.30. The third-order valence-electron chi connectivity index (χ3n) is 5.26. The molecule has 0 aliphatic heterocycles. The molecule has 0 saturated heterocycles. The van der Waals surface area contributed by atoms with Crippen LogP contribution >= 0.6 is 0 Å². The first-order valence-electron chi connectivity index (χ1n) is 9.79. The highest BCUT2D eigenvalue weighted by molar-refractivity contribution is 5.97. The SMILES string of the molecule is O=Cc1cn(Cc2nc(C(c3ccccc3)c3ccccc3)no2)c2ccccc12. The Bertz CT molecular complexity index is 1250. The Morgan fingerprint density at radius 3 is 2.17 bits per heavy atom. The van der Waals surface area contributed by atoms with E-state index in [-0.39, 0.29) is 5.92 Å². The van der Waals surface area contributed by atoms with Crippen LogP contribution in [0.1, 0.15) is 39.1 Å². The van der Waals surface area contributed by atoms with Gasteiger partial charge in [-0.2, -0.15) is 4.98 Å². The number of nitrogens with zero attached hydrogens (tertiary/aromatic N) is 3. The molecule has 0 atom stereocenters. The minimum Gasteiger partial charge on any atom is -0.337 e. The number of hydrogen-bond acceptors (Lipinski definition) is 4. The molecule has 0 amide bonds. The van der Waals surface area contributed by atoms with Crippen LogP contribution in [0.4, 0.5) is 0 Å². The molecular formula is C25H19N3O2. The Morgan fingerprint density at radius 2 is 1.50 bits per heavy atom. The van der Waals surface area contributed by atoms with Crippen molar-refractivity contribution in [1.29, 1.82) is 0 Å². The molecule has 0 bridgehead atoms. The third-order valence-corrected chi connectivity index (χ3v) is 5.26. The van der Waals surface area contributed by atoms with E-state index in [0.717, 1.165) is 28.3 Å². The van der Waals surface area contributed by atoms with Gasteiger partial charge in [0.2, 0.25) is 5.89 Å². The Kier molecular flexibility index (Phi) is 4.69. The summed E-state index contributed by atoms with van der Waals surface area (Å²) in [4.78, 5) is 16.1. The van der Waals surface area contributed by atoms with Gasteiger partial charge in [0, 0.05) is 22.7 Å². The summed E-state index contributed by atoms with van der Waals surface area (Å²) in [5.74, 6) is 1.01. The molecule has 2 aromatic heterocycles. The van der Waals surface area contributed by atoms with Crippen LogP contribution in [0.5, 0.6) is 0 Å². The molecule has 5 aromatic rings. The number of carbonyl (C=O) groups is 1. The Hall–Kier alpha value is -3.99. The molecule has 0 radical (unpaired) electrons. The molecule has 0 saturated carbocycles. The van der Waals surface area contributed by atoms with E-state index in [1.54, 1.807) is 0 Å². The van der Waals surface area contributed by atoms with E-state index in [9.17, 15) is 4.79 Å². The zero-order valence-electron chi connectivity index (χ0n) is 16.2. The number of fused-ring (bicyclic) bond motifs is 1. The van der Waals surface area contributed by atoms with Crippen molar-refractivity contribution in [1.82, 2.24) is 14.7 Å². The second kappa shape index (κ2) is 7.79. The van der Waals surface area contributed by atoms with Gasteiger partial charge in [-0.3, -0.25) is 4.79 Å². The topological polar surface area (TPSA) is 60.9 Å². The molecule has 0 N–H and O–H groups in total. The van der Waals surface area contributed by atoms with Crippen molar-refractivity contribution in [2.24, 2.45) is 0 Å². The summed E-state index contributed by atoms with van der Waals surface area (Å²) >= 11 is 0. The van der Waals surface area contributed by atoms with Crippen LogP contribution in [0.3, 0.4) is 0 Å². The van der Waals surface area contributed by atoms with Gasteiger partial charge in [0.1, 0.15) is 6.54 Å². The van der Waals surface area contributed by atoms with Crippen molar-refractivity contribution in [3.63, 3.8) is 0 Å². The van der Waals surface area contributed by atoms with Crippen LogP contribution in [0, 0.1) is 0 Å². The van der Waals surface area contributed by atoms with Crippen LogP contribution < -0.4 is 0 Å². The van der Waals surface area contributed by atoms with E-state index in [4.69, 9.17) is 9.51 Å². The highest BCUT2D eigenvalue weighted by Gasteiger charge is 2.22. The Morgan fingerprint density at radius 1 is 0.867 bits per heavy atom. The number of hydrogen-bond donors (Lipinski definition) is 0. The summed E-state index contributed by atoms with van der Waals surface area (Å²) < 4.78 is 7.58. The molecule has 0 spiro atoms. The zero-order valence-corrected chi connectivity index (χ0v) is 16.2. The van der Waals surface area contributed by atoms with Gasteiger partial charge in [0.05, 0.1) is 5.92 Å². The number of para-hydroxylation sites is 1. The molecule has 0 unspecified atom stereocenters. The maximum Gasteiger partial charge on any atom is 0.246 e. The number of aromatic nitrogens is 3. The van der Waals surface area contributed by atoms with E-state index in [1.165, 1.54) is 0 Å². The van der Waals surface area contributed by atoms with Crippen LogP contribution in [0.25, 0.3) is 10.9 Å². The molecule has 0 aliphatic carbocycles. The largest absolute Gasteiger partial charge is 0.337 e. The predicted molar refractivity (Wildman–Crippen MR) is 115 cm³/mol. The van der Waals surface area contributed by atoms with Gasteiger partial charge in [0.15, 0.2) is 12.1 Å². The first-order chi connectivity index (χ1) is 14.8. The first kappa shape index (κ1) is 18.1. The molecule has 2 heterocycles. The van der Waals surface area contributed by atoms with Crippen molar-refractivity contribution in [2.75, 3.05) is 0 Å². The lowest BCUT2D eigenvalue weighted by Crippen LogP contribution is -2.06. The number of rotatable bonds is 6. The van der Waals surface area contributed by atoms with Gasteiger partial charge in [-0.1, -0.05) is 84.0 Å². The second-order valence-electron chi connectivity index (χ2n) is 7.15.